The highest BCUT2D eigenvalue weighted by Crippen LogP contribution is 2.12. The maximum absolute atomic E-state index is 12.8. The summed E-state index contributed by atoms with van der Waals surface area (Å²) in [5, 5.41) is 53.7. The number of carboxylic acids is 1. The molecule has 0 aliphatic rings. The highest BCUT2D eigenvalue weighted by Gasteiger charge is 2.33. The Hall–Kier alpha value is -3.26. The molecule has 0 saturated heterocycles. The van der Waals surface area contributed by atoms with E-state index in [9.17, 15) is 34.5 Å². The highest BCUT2D eigenvalue weighted by molar-refractivity contribution is 5.94. The normalized spacial score (nSPS) is 16.4. The molecule has 1 aromatic rings. The van der Waals surface area contributed by atoms with Crippen LogP contribution in [0.25, 0.3) is 0 Å². The van der Waals surface area contributed by atoms with Crippen molar-refractivity contribution in [3.8, 4) is 5.75 Å². The molecule has 0 saturated carbocycles. The molecule has 0 bridgehead atoms. The first-order valence-corrected chi connectivity index (χ1v) is 10.0. The summed E-state index contributed by atoms with van der Waals surface area (Å²) in [6.07, 6.45) is -2.80. The van der Waals surface area contributed by atoms with Crippen molar-refractivity contribution in [1.82, 2.24) is 16.0 Å². The van der Waals surface area contributed by atoms with Gasteiger partial charge < -0.3 is 47.2 Å². The Balaban J connectivity index is 3.10. The quantitative estimate of drug-likeness (QED) is 0.147. The van der Waals surface area contributed by atoms with Crippen LogP contribution in [0.15, 0.2) is 24.3 Å². The molecule has 0 radical (unpaired) electrons. The van der Waals surface area contributed by atoms with Crippen LogP contribution in [-0.2, 0) is 25.6 Å². The van der Waals surface area contributed by atoms with E-state index in [1.165, 1.54) is 38.1 Å². The van der Waals surface area contributed by atoms with Crippen molar-refractivity contribution >= 4 is 23.7 Å². The van der Waals surface area contributed by atoms with Crippen LogP contribution in [0.3, 0.4) is 0 Å². The number of aromatic hydroxyl groups is 1. The first kappa shape index (κ1) is 27.8. The van der Waals surface area contributed by atoms with Gasteiger partial charge in [-0.05, 0) is 31.5 Å². The van der Waals surface area contributed by atoms with E-state index in [0.29, 0.717) is 5.56 Å². The van der Waals surface area contributed by atoms with Crippen molar-refractivity contribution in [2.24, 2.45) is 5.73 Å². The molecule has 6 atom stereocenters. The number of carbonyl (C=O) groups is 4. The number of phenols is 1. The number of rotatable bonds is 12. The van der Waals surface area contributed by atoms with Crippen LogP contribution in [-0.4, -0.2) is 92.2 Å². The van der Waals surface area contributed by atoms with Crippen LogP contribution in [0.5, 0.6) is 5.75 Å². The van der Waals surface area contributed by atoms with Crippen LogP contribution in [0.4, 0.5) is 0 Å². The number of amides is 3. The lowest BCUT2D eigenvalue weighted by atomic mass is 10.0. The molecular weight excluding hydrogens is 440 g/mol. The molecule has 184 valence electrons. The topological polar surface area (TPSA) is 232 Å². The van der Waals surface area contributed by atoms with Crippen LogP contribution in [0.2, 0.25) is 0 Å². The van der Waals surface area contributed by atoms with Crippen LogP contribution >= 0.6 is 0 Å². The fraction of sp³-hybridized carbons (Fsp3) is 0.500. The number of carboxylic acid groups (broad SMARTS) is 1. The average molecular weight is 470 g/mol. The predicted octanol–water partition coefficient (Wildman–Crippen LogP) is -3.45. The van der Waals surface area contributed by atoms with Crippen molar-refractivity contribution in [3.05, 3.63) is 29.8 Å². The number of carbonyl (C=O) groups excluding carboxylic acids is 3. The largest absolute Gasteiger partial charge is 0.508 e. The molecule has 0 heterocycles. The third-order valence-corrected chi connectivity index (χ3v) is 4.69. The van der Waals surface area contributed by atoms with E-state index in [1.807, 2.05) is 0 Å². The molecule has 0 fully saturated rings. The van der Waals surface area contributed by atoms with Gasteiger partial charge in [-0.15, -0.1) is 0 Å². The zero-order valence-electron chi connectivity index (χ0n) is 18.1. The van der Waals surface area contributed by atoms with E-state index in [4.69, 9.17) is 15.9 Å². The van der Waals surface area contributed by atoms with E-state index in [2.05, 4.69) is 16.0 Å². The highest BCUT2D eigenvalue weighted by atomic mass is 16.4. The average Bonchev–Trinajstić information content (AvgIpc) is 2.75. The molecule has 10 N–H and O–H groups in total. The number of nitrogens with one attached hydrogen (secondary N) is 3. The van der Waals surface area contributed by atoms with E-state index in [1.54, 1.807) is 0 Å². The number of aliphatic hydroxyl groups excluding tert-OH is 3. The van der Waals surface area contributed by atoms with Crippen molar-refractivity contribution in [1.29, 1.82) is 0 Å². The fourth-order valence-corrected chi connectivity index (χ4v) is 2.67. The van der Waals surface area contributed by atoms with Gasteiger partial charge in [-0.1, -0.05) is 12.1 Å². The molecule has 0 aliphatic carbocycles. The Morgan fingerprint density at radius 1 is 0.879 bits per heavy atom. The summed E-state index contributed by atoms with van der Waals surface area (Å²) in [6.45, 7) is 1.57. The molecule has 1 rings (SSSR count). The second-order valence-electron chi connectivity index (χ2n) is 7.51. The first-order chi connectivity index (χ1) is 15.4. The fourth-order valence-electron chi connectivity index (χ4n) is 2.67. The van der Waals surface area contributed by atoms with E-state index in [-0.39, 0.29) is 12.2 Å². The monoisotopic (exact) mass is 470 g/mol. The van der Waals surface area contributed by atoms with Gasteiger partial charge in [0.05, 0.1) is 18.8 Å². The minimum atomic E-state index is -1.63. The number of aliphatic hydroxyl groups is 3. The Kier molecular flexibility index (Phi) is 10.7. The van der Waals surface area contributed by atoms with Crippen molar-refractivity contribution in [3.63, 3.8) is 0 Å². The third kappa shape index (κ3) is 8.65. The second-order valence-corrected chi connectivity index (χ2v) is 7.51. The summed E-state index contributed by atoms with van der Waals surface area (Å²) in [7, 11) is 0. The summed E-state index contributed by atoms with van der Waals surface area (Å²) < 4.78 is 0. The van der Waals surface area contributed by atoms with Gasteiger partial charge >= 0.3 is 5.97 Å². The molecule has 13 nitrogen and oxygen atoms in total. The van der Waals surface area contributed by atoms with Gasteiger partial charge in [0.15, 0.2) is 0 Å². The van der Waals surface area contributed by atoms with Crippen LogP contribution in [0, 0.1) is 0 Å². The molecule has 0 aromatic heterocycles. The lowest BCUT2D eigenvalue weighted by Gasteiger charge is -2.26. The maximum Gasteiger partial charge on any atom is 0.328 e. The van der Waals surface area contributed by atoms with Crippen LogP contribution < -0.4 is 21.7 Å². The smallest absolute Gasteiger partial charge is 0.328 e. The van der Waals surface area contributed by atoms with Crippen molar-refractivity contribution < 1.29 is 44.7 Å². The Morgan fingerprint density at radius 3 is 1.88 bits per heavy atom. The number of benzene rings is 1. The van der Waals surface area contributed by atoms with Crippen molar-refractivity contribution in [2.75, 3.05) is 6.61 Å². The molecule has 0 aliphatic heterocycles. The van der Waals surface area contributed by atoms with Gasteiger partial charge in [-0.3, -0.25) is 14.4 Å². The minimum Gasteiger partial charge on any atom is -0.508 e. The minimum absolute atomic E-state index is 0.0404. The number of aliphatic carboxylic acids is 1. The van der Waals surface area contributed by atoms with Gasteiger partial charge in [0.25, 0.3) is 0 Å². The van der Waals surface area contributed by atoms with E-state index in [0.717, 1.165) is 0 Å². The summed E-state index contributed by atoms with van der Waals surface area (Å²) in [6, 6.07) is -0.309. The molecule has 6 unspecified atom stereocenters. The van der Waals surface area contributed by atoms with E-state index < -0.39 is 66.7 Å². The number of nitrogens with two attached hydrogens (primary N) is 1. The lowest BCUT2D eigenvalue weighted by molar-refractivity contribution is -0.143. The predicted molar refractivity (Wildman–Crippen MR) is 114 cm³/mol. The lowest BCUT2D eigenvalue weighted by Crippen LogP contribution is -2.61. The maximum atomic E-state index is 12.8. The third-order valence-electron chi connectivity index (χ3n) is 4.69. The Morgan fingerprint density at radius 2 is 1.42 bits per heavy atom. The molecule has 13 heteroatoms. The molecular formula is C20H30N4O9. The Bertz CT molecular complexity index is 829. The van der Waals surface area contributed by atoms with Crippen molar-refractivity contribution in [2.45, 2.75) is 56.6 Å². The number of hydrogen-bond donors (Lipinski definition) is 9. The van der Waals surface area contributed by atoms with Crippen LogP contribution in [0.1, 0.15) is 19.4 Å². The summed E-state index contributed by atoms with van der Waals surface area (Å²) in [4.78, 5) is 48.7. The van der Waals surface area contributed by atoms with Gasteiger partial charge in [0, 0.05) is 6.42 Å². The number of phenolic OH excluding ortho intramolecular Hbond substituents is 1. The molecule has 3 amide bonds. The molecule has 1 aromatic carbocycles. The SMILES string of the molecule is CC(O)C(N)C(=O)NC(C(=O)NC(Cc1ccc(O)cc1)C(=O)NC(CO)C(=O)O)C(C)O. The summed E-state index contributed by atoms with van der Waals surface area (Å²) in [5.74, 6) is -4.39. The van der Waals surface area contributed by atoms with E-state index >= 15 is 0 Å². The van der Waals surface area contributed by atoms with Gasteiger partial charge in [-0.25, -0.2) is 4.79 Å². The summed E-state index contributed by atoms with van der Waals surface area (Å²) in [5.41, 5.74) is 6.02. The molecule has 33 heavy (non-hydrogen) atoms. The second kappa shape index (κ2) is 12.7. The summed E-state index contributed by atoms with van der Waals surface area (Å²) >= 11 is 0. The van der Waals surface area contributed by atoms with Gasteiger partial charge in [0.1, 0.15) is 29.9 Å². The zero-order valence-corrected chi connectivity index (χ0v) is 18.1. The standard InChI is InChI=1S/C20H30N4O9/c1-9(26)15(21)18(30)24-16(10(2)27)19(31)22-13(7-11-3-5-12(28)6-4-11)17(29)23-14(8-25)20(32)33/h3-6,9-10,13-16,25-28H,7-8,21H2,1-2H3,(H,22,31)(H,23,29)(H,24,30)(H,32,33). The van der Waals surface area contributed by atoms with Gasteiger partial charge in [0.2, 0.25) is 17.7 Å². The molecule has 0 spiro atoms. The Labute approximate surface area is 189 Å². The zero-order chi connectivity index (χ0) is 25.3. The number of hydrogen-bond acceptors (Lipinski definition) is 9. The first-order valence-electron chi connectivity index (χ1n) is 10.0. The van der Waals surface area contributed by atoms with Gasteiger partial charge in [-0.2, -0.15) is 0 Å².